The molecule has 9 heteroatoms. The van der Waals surface area contributed by atoms with Crippen LogP contribution in [0.15, 0.2) is 66.9 Å². The molecule has 158 valence electrons. The third kappa shape index (κ3) is 5.08. The van der Waals surface area contributed by atoms with Gasteiger partial charge in [-0.3, -0.25) is 9.59 Å². The van der Waals surface area contributed by atoms with Crippen molar-refractivity contribution in [2.24, 2.45) is 0 Å². The first-order chi connectivity index (χ1) is 15.1. The van der Waals surface area contributed by atoms with Crippen LogP contribution in [0.5, 0.6) is 0 Å². The van der Waals surface area contributed by atoms with Gasteiger partial charge in [-0.25, -0.2) is 9.48 Å². The van der Waals surface area contributed by atoms with Gasteiger partial charge in [-0.1, -0.05) is 42.5 Å². The van der Waals surface area contributed by atoms with Crippen molar-refractivity contribution >= 4 is 29.4 Å². The van der Waals surface area contributed by atoms with Crippen LogP contribution in [0.3, 0.4) is 0 Å². The summed E-state index contributed by atoms with van der Waals surface area (Å²) in [5.41, 5.74) is 2.39. The molecule has 0 spiro atoms. The highest BCUT2D eigenvalue weighted by Crippen LogP contribution is 2.15. The second-order valence-electron chi connectivity index (χ2n) is 7.00. The van der Waals surface area contributed by atoms with Gasteiger partial charge in [0.15, 0.2) is 0 Å². The van der Waals surface area contributed by atoms with E-state index in [0.717, 1.165) is 11.1 Å². The Morgan fingerprint density at radius 3 is 2.32 bits per heavy atom. The van der Waals surface area contributed by atoms with E-state index in [9.17, 15) is 14.4 Å². The van der Waals surface area contributed by atoms with Crippen LogP contribution in [-0.4, -0.2) is 45.7 Å². The van der Waals surface area contributed by atoms with Crippen LogP contribution in [0.4, 0.5) is 16.3 Å². The Kier molecular flexibility index (Phi) is 5.93. The van der Waals surface area contributed by atoms with Crippen molar-refractivity contribution in [2.75, 3.05) is 23.8 Å². The number of nitrogens with zero attached hydrogens (tertiary/aromatic N) is 3. The molecule has 4 rings (SSSR count). The summed E-state index contributed by atoms with van der Waals surface area (Å²) < 4.78 is 6.51. The Hall–Kier alpha value is -4.14. The molecule has 0 bridgehead atoms. The van der Waals surface area contributed by atoms with E-state index in [2.05, 4.69) is 15.7 Å². The van der Waals surface area contributed by atoms with E-state index in [1.807, 2.05) is 30.3 Å². The Balaban J connectivity index is 1.32. The van der Waals surface area contributed by atoms with Crippen LogP contribution >= 0.6 is 0 Å². The Morgan fingerprint density at radius 2 is 1.61 bits per heavy atom. The highest BCUT2D eigenvalue weighted by Gasteiger charge is 2.22. The molecule has 0 saturated carbocycles. The van der Waals surface area contributed by atoms with Crippen molar-refractivity contribution in [3.05, 3.63) is 78.0 Å². The fraction of sp³-hybridized carbons (Fsp3) is 0.182. The van der Waals surface area contributed by atoms with Crippen LogP contribution in [-0.2, 0) is 27.4 Å². The molecule has 1 aromatic heterocycles. The minimum atomic E-state index is -0.793. The average molecular weight is 419 g/mol. The van der Waals surface area contributed by atoms with E-state index in [1.54, 1.807) is 46.1 Å². The van der Waals surface area contributed by atoms with Gasteiger partial charge in [-0.2, -0.15) is 5.10 Å². The number of nitrogens with one attached hydrogen (secondary N) is 2. The maximum atomic E-state index is 12.3. The van der Waals surface area contributed by atoms with Gasteiger partial charge in [0.2, 0.25) is 0 Å². The number of anilines is 2. The minimum Gasteiger partial charge on any atom is -0.448 e. The normalized spacial score (nSPS) is 13.0. The Bertz CT molecular complexity index is 1080. The predicted molar refractivity (Wildman–Crippen MR) is 113 cm³/mol. The number of carbonyl (C=O) groups is 3. The molecule has 1 aliphatic heterocycles. The molecule has 2 aromatic carbocycles. The quantitative estimate of drug-likeness (QED) is 0.597. The fourth-order valence-corrected chi connectivity index (χ4v) is 3.17. The lowest BCUT2D eigenvalue weighted by Crippen LogP contribution is -2.30. The minimum absolute atomic E-state index is 0.333. The molecule has 31 heavy (non-hydrogen) atoms. The van der Waals surface area contributed by atoms with E-state index in [1.165, 1.54) is 0 Å². The molecule has 1 aliphatic rings. The van der Waals surface area contributed by atoms with Gasteiger partial charge in [-0.15, -0.1) is 0 Å². The number of carbonyl (C=O) groups excluding carboxylic acids is 3. The van der Waals surface area contributed by atoms with E-state index >= 15 is 0 Å². The summed E-state index contributed by atoms with van der Waals surface area (Å²) in [5.74, 6) is -1.15. The zero-order valence-corrected chi connectivity index (χ0v) is 16.7. The van der Waals surface area contributed by atoms with Crippen molar-refractivity contribution in [1.29, 1.82) is 0 Å². The highest BCUT2D eigenvalue weighted by molar-refractivity contribution is 6.43. The summed E-state index contributed by atoms with van der Waals surface area (Å²) in [5, 5.41) is 9.35. The topological polar surface area (TPSA) is 106 Å². The second-order valence-corrected chi connectivity index (χ2v) is 7.00. The Morgan fingerprint density at radius 1 is 0.903 bits per heavy atom. The second kappa shape index (κ2) is 9.12. The molecule has 1 fully saturated rings. The summed E-state index contributed by atoms with van der Waals surface area (Å²) in [6.07, 6.45) is 1.23. The summed E-state index contributed by atoms with van der Waals surface area (Å²) in [7, 11) is 0. The molecular formula is C22H21N5O4. The lowest BCUT2D eigenvalue weighted by atomic mass is 10.2. The molecule has 1 saturated heterocycles. The zero-order chi connectivity index (χ0) is 21.6. The lowest BCUT2D eigenvalue weighted by Gasteiger charge is -2.13. The number of benzene rings is 2. The summed E-state index contributed by atoms with van der Waals surface area (Å²) in [6, 6.07) is 18.2. The number of cyclic esters (lactones) is 1. The molecule has 0 unspecified atom stereocenters. The van der Waals surface area contributed by atoms with Gasteiger partial charge in [0.1, 0.15) is 12.4 Å². The summed E-state index contributed by atoms with van der Waals surface area (Å²) in [6.45, 7) is 1.85. The molecular weight excluding hydrogens is 398 g/mol. The average Bonchev–Trinajstić information content (AvgIpc) is 3.39. The van der Waals surface area contributed by atoms with Gasteiger partial charge in [0, 0.05) is 18.3 Å². The van der Waals surface area contributed by atoms with Crippen molar-refractivity contribution in [2.45, 2.75) is 13.1 Å². The number of aromatic nitrogens is 2. The van der Waals surface area contributed by atoms with Crippen LogP contribution in [0, 0.1) is 0 Å². The number of hydrogen-bond acceptors (Lipinski definition) is 5. The molecule has 3 aromatic rings. The fourth-order valence-electron chi connectivity index (χ4n) is 3.17. The van der Waals surface area contributed by atoms with Crippen LogP contribution < -0.4 is 10.6 Å². The summed E-state index contributed by atoms with van der Waals surface area (Å²) in [4.78, 5) is 37.7. The molecule has 0 aliphatic carbocycles. The first-order valence-corrected chi connectivity index (χ1v) is 9.77. The molecule has 2 heterocycles. The zero-order valence-electron chi connectivity index (χ0n) is 16.7. The maximum absolute atomic E-state index is 12.3. The van der Waals surface area contributed by atoms with Gasteiger partial charge < -0.3 is 20.3 Å². The largest absolute Gasteiger partial charge is 0.448 e. The SMILES string of the molecule is O=C(Nc1ccc(CN2CCOC2=O)cc1)C(=O)Nc1ccnn1Cc1ccccc1. The number of rotatable bonds is 6. The van der Waals surface area contributed by atoms with Crippen LogP contribution in [0.1, 0.15) is 11.1 Å². The van der Waals surface area contributed by atoms with Gasteiger partial charge in [0.25, 0.3) is 0 Å². The molecule has 3 amide bonds. The maximum Gasteiger partial charge on any atom is 0.410 e. The monoisotopic (exact) mass is 419 g/mol. The van der Waals surface area contributed by atoms with Gasteiger partial charge >= 0.3 is 17.9 Å². The Labute approximate surface area is 178 Å². The molecule has 0 atom stereocenters. The standard InChI is InChI=1S/C22H21N5O4/c28-20(24-18-8-6-17(7-9-18)14-26-12-13-31-22(26)30)21(29)25-19-10-11-23-27(19)15-16-4-2-1-3-5-16/h1-11H,12-15H2,(H,24,28)(H,25,29). The van der Waals surface area contributed by atoms with E-state index in [4.69, 9.17) is 4.74 Å². The van der Waals surface area contributed by atoms with Crippen molar-refractivity contribution < 1.29 is 19.1 Å². The first kappa shape index (κ1) is 20.1. The van der Waals surface area contributed by atoms with E-state index < -0.39 is 11.8 Å². The van der Waals surface area contributed by atoms with E-state index in [-0.39, 0.29) is 6.09 Å². The molecule has 0 radical (unpaired) electrons. The molecule has 2 N–H and O–H groups in total. The van der Waals surface area contributed by atoms with Crippen molar-refractivity contribution in [1.82, 2.24) is 14.7 Å². The highest BCUT2D eigenvalue weighted by atomic mass is 16.6. The number of ether oxygens (including phenoxy) is 1. The lowest BCUT2D eigenvalue weighted by molar-refractivity contribution is -0.133. The first-order valence-electron chi connectivity index (χ1n) is 9.77. The van der Waals surface area contributed by atoms with Crippen molar-refractivity contribution in [3.63, 3.8) is 0 Å². The summed E-state index contributed by atoms with van der Waals surface area (Å²) >= 11 is 0. The number of amides is 3. The van der Waals surface area contributed by atoms with Crippen LogP contribution in [0.2, 0.25) is 0 Å². The third-order valence-corrected chi connectivity index (χ3v) is 4.77. The van der Waals surface area contributed by atoms with E-state index in [0.29, 0.717) is 37.7 Å². The van der Waals surface area contributed by atoms with Crippen molar-refractivity contribution in [3.8, 4) is 0 Å². The third-order valence-electron chi connectivity index (χ3n) is 4.77. The van der Waals surface area contributed by atoms with Gasteiger partial charge in [0.05, 0.1) is 19.3 Å². The van der Waals surface area contributed by atoms with Gasteiger partial charge in [-0.05, 0) is 23.3 Å². The molecule has 9 nitrogen and oxygen atoms in total. The van der Waals surface area contributed by atoms with Crippen LogP contribution in [0.25, 0.3) is 0 Å². The predicted octanol–water partition coefficient (Wildman–Crippen LogP) is 2.46. The number of hydrogen-bond donors (Lipinski definition) is 2. The smallest absolute Gasteiger partial charge is 0.410 e.